The van der Waals surface area contributed by atoms with Crippen LogP contribution in [0.15, 0.2) is 28.0 Å². The normalized spacial score (nSPS) is 10.8. The average molecular weight is 363 g/mol. The van der Waals surface area contributed by atoms with Crippen molar-refractivity contribution in [2.75, 3.05) is 5.75 Å². The van der Waals surface area contributed by atoms with Gasteiger partial charge in [-0.15, -0.1) is 0 Å². The van der Waals surface area contributed by atoms with Gasteiger partial charge in [-0.2, -0.15) is 0 Å². The molecule has 0 spiro atoms. The number of benzene rings is 1. The van der Waals surface area contributed by atoms with Crippen LogP contribution in [-0.4, -0.2) is 26.4 Å². The van der Waals surface area contributed by atoms with Crippen molar-refractivity contribution in [3.63, 3.8) is 0 Å². The Morgan fingerprint density at radius 2 is 2.15 bits per heavy atom. The van der Waals surface area contributed by atoms with E-state index in [-0.39, 0.29) is 15.9 Å². The van der Waals surface area contributed by atoms with Crippen molar-refractivity contribution in [1.82, 2.24) is 9.55 Å². The molecule has 1 N–H and O–H groups in total. The zero-order valence-corrected chi connectivity index (χ0v) is 12.6. The third-order valence-electron chi connectivity index (χ3n) is 2.46. The van der Waals surface area contributed by atoms with Crippen LogP contribution in [0, 0.1) is 18.6 Å². The van der Waals surface area contributed by atoms with E-state index in [0.717, 1.165) is 23.9 Å². The van der Waals surface area contributed by atoms with Gasteiger partial charge in [0.05, 0.1) is 15.9 Å². The second-order valence-corrected chi connectivity index (χ2v) is 5.71. The molecule has 0 saturated carbocycles. The molecule has 0 radical (unpaired) electrons. The molecule has 0 saturated heterocycles. The van der Waals surface area contributed by atoms with Crippen LogP contribution in [0.5, 0.6) is 0 Å². The van der Waals surface area contributed by atoms with E-state index in [9.17, 15) is 13.6 Å². The topological polar surface area (TPSA) is 55.1 Å². The summed E-state index contributed by atoms with van der Waals surface area (Å²) < 4.78 is 29.0. The van der Waals surface area contributed by atoms with Gasteiger partial charge in [-0.1, -0.05) is 11.8 Å². The lowest BCUT2D eigenvalue weighted by atomic mass is 10.3. The Labute approximate surface area is 125 Å². The van der Waals surface area contributed by atoms with Crippen LogP contribution in [-0.2, 0) is 4.79 Å². The lowest BCUT2D eigenvalue weighted by Crippen LogP contribution is -2.05. The van der Waals surface area contributed by atoms with Gasteiger partial charge in [-0.25, -0.2) is 13.8 Å². The van der Waals surface area contributed by atoms with Gasteiger partial charge in [0, 0.05) is 18.0 Å². The molecule has 0 aliphatic heterocycles. The number of hydrogen-bond donors (Lipinski definition) is 1. The smallest absolute Gasteiger partial charge is 0.313 e. The van der Waals surface area contributed by atoms with E-state index in [0.29, 0.717) is 10.9 Å². The number of halogens is 3. The van der Waals surface area contributed by atoms with Gasteiger partial charge in [0.1, 0.15) is 11.6 Å². The first-order chi connectivity index (χ1) is 9.40. The first kappa shape index (κ1) is 15.0. The molecule has 20 heavy (non-hydrogen) atoms. The van der Waals surface area contributed by atoms with Crippen molar-refractivity contribution in [3.8, 4) is 5.69 Å². The largest absolute Gasteiger partial charge is 0.481 e. The summed E-state index contributed by atoms with van der Waals surface area (Å²) in [7, 11) is 0. The average Bonchev–Trinajstić information content (AvgIpc) is 2.73. The lowest BCUT2D eigenvalue weighted by Gasteiger charge is -2.11. The highest BCUT2D eigenvalue weighted by atomic mass is 79.9. The summed E-state index contributed by atoms with van der Waals surface area (Å²) in [4.78, 5) is 14.6. The standard InChI is InChI=1S/C12H9BrF2N2O2S/c1-6-4-16-12(20-5-11(18)19)17(6)10-3-8(14)7(13)2-9(10)15/h2-4H,5H2,1H3,(H,18,19). The molecule has 0 amide bonds. The quantitative estimate of drug-likeness (QED) is 0.668. The Kier molecular flexibility index (Phi) is 4.44. The van der Waals surface area contributed by atoms with Crippen molar-refractivity contribution >= 4 is 33.7 Å². The maximum atomic E-state index is 14.0. The second kappa shape index (κ2) is 5.92. The Morgan fingerprint density at radius 3 is 2.80 bits per heavy atom. The molecule has 0 bridgehead atoms. The molecular formula is C12H9BrF2N2O2S. The van der Waals surface area contributed by atoms with Gasteiger partial charge in [0.25, 0.3) is 0 Å². The molecule has 2 aromatic rings. The maximum Gasteiger partial charge on any atom is 0.313 e. The van der Waals surface area contributed by atoms with Gasteiger partial charge in [0.2, 0.25) is 0 Å². The summed E-state index contributed by atoms with van der Waals surface area (Å²) in [6.45, 7) is 1.68. The zero-order chi connectivity index (χ0) is 14.9. The van der Waals surface area contributed by atoms with Gasteiger partial charge in [0.15, 0.2) is 5.16 Å². The third kappa shape index (κ3) is 3.01. The highest BCUT2D eigenvalue weighted by Crippen LogP contribution is 2.28. The molecule has 0 atom stereocenters. The van der Waals surface area contributed by atoms with Crippen molar-refractivity contribution in [1.29, 1.82) is 0 Å². The van der Waals surface area contributed by atoms with Crippen LogP contribution < -0.4 is 0 Å². The van der Waals surface area contributed by atoms with Gasteiger partial charge in [-0.05, 0) is 28.9 Å². The number of nitrogens with zero attached hydrogens (tertiary/aromatic N) is 2. The molecule has 0 aliphatic carbocycles. The molecule has 1 aromatic heterocycles. The van der Waals surface area contributed by atoms with E-state index in [1.807, 2.05) is 0 Å². The van der Waals surface area contributed by atoms with Crippen LogP contribution in [0.4, 0.5) is 8.78 Å². The number of carbonyl (C=O) groups is 1. The van der Waals surface area contributed by atoms with E-state index >= 15 is 0 Å². The van der Waals surface area contributed by atoms with Crippen LogP contribution in [0.25, 0.3) is 5.69 Å². The fourth-order valence-corrected chi connectivity index (χ4v) is 2.69. The van der Waals surface area contributed by atoms with Crippen LogP contribution in [0.3, 0.4) is 0 Å². The number of imidazole rings is 1. The van der Waals surface area contributed by atoms with Crippen molar-refractivity contribution < 1.29 is 18.7 Å². The predicted molar refractivity (Wildman–Crippen MR) is 74.3 cm³/mol. The number of aryl methyl sites for hydroxylation is 1. The molecule has 4 nitrogen and oxygen atoms in total. The molecule has 1 heterocycles. The second-order valence-electron chi connectivity index (χ2n) is 3.92. The van der Waals surface area contributed by atoms with Gasteiger partial charge in [-0.3, -0.25) is 9.36 Å². The zero-order valence-electron chi connectivity index (χ0n) is 10.2. The highest BCUT2D eigenvalue weighted by molar-refractivity contribution is 9.10. The van der Waals surface area contributed by atoms with E-state index in [1.54, 1.807) is 6.92 Å². The Hall–Kier alpha value is -1.41. The molecule has 106 valence electrons. The van der Waals surface area contributed by atoms with Crippen molar-refractivity contribution in [2.45, 2.75) is 12.1 Å². The molecule has 2 rings (SSSR count). The number of aliphatic carboxylic acids is 1. The minimum atomic E-state index is -1.01. The van der Waals surface area contributed by atoms with Crippen molar-refractivity contribution in [2.24, 2.45) is 0 Å². The SMILES string of the molecule is Cc1cnc(SCC(=O)O)n1-c1cc(F)c(Br)cc1F. The minimum Gasteiger partial charge on any atom is -0.481 e. The number of hydrogen-bond acceptors (Lipinski definition) is 3. The van der Waals surface area contributed by atoms with Crippen LogP contribution in [0.1, 0.15) is 5.69 Å². The summed E-state index contributed by atoms with van der Waals surface area (Å²) in [5.74, 6) is -2.46. The fraction of sp³-hybridized carbons (Fsp3) is 0.167. The molecular weight excluding hydrogens is 354 g/mol. The summed E-state index contributed by atoms with van der Waals surface area (Å²) in [5, 5.41) is 8.98. The molecule has 1 aromatic carbocycles. The van der Waals surface area contributed by atoms with E-state index in [1.165, 1.54) is 10.8 Å². The van der Waals surface area contributed by atoms with Gasteiger partial charge < -0.3 is 5.11 Å². The van der Waals surface area contributed by atoms with E-state index in [2.05, 4.69) is 20.9 Å². The Balaban J connectivity index is 2.49. The van der Waals surface area contributed by atoms with Crippen LogP contribution in [0.2, 0.25) is 0 Å². The Morgan fingerprint density at radius 1 is 1.45 bits per heavy atom. The monoisotopic (exact) mass is 362 g/mol. The first-order valence-corrected chi connectivity index (χ1v) is 7.22. The summed E-state index contributed by atoms with van der Waals surface area (Å²) in [5.41, 5.74) is 0.576. The number of aromatic nitrogens is 2. The van der Waals surface area contributed by atoms with Gasteiger partial charge >= 0.3 is 5.97 Å². The fourth-order valence-electron chi connectivity index (χ4n) is 1.62. The minimum absolute atomic E-state index is 0.00594. The summed E-state index contributed by atoms with van der Waals surface area (Å²) >= 11 is 3.85. The molecule has 0 fully saturated rings. The van der Waals surface area contributed by atoms with Crippen LogP contribution >= 0.6 is 27.7 Å². The first-order valence-electron chi connectivity index (χ1n) is 5.44. The Bertz CT molecular complexity index is 676. The molecule has 8 heteroatoms. The summed E-state index contributed by atoms with van der Waals surface area (Å²) in [6, 6.07) is 2.06. The third-order valence-corrected chi connectivity index (χ3v) is 4.01. The number of carboxylic acids is 1. The lowest BCUT2D eigenvalue weighted by molar-refractivity contribution is -0.133. The highest BCUT2D eigenvalue weighted by Gasteiger charge is 2.16. The summed E-state index contributed by atoms with van der Waals surface area (Å²) in [6.07, 6.45) is 1.48. The van der Waals surface area contributed by atoms with E-state index in [4.69, 9.17) is 5.11 Å². The maximum absolute atomic E-state index is 14.0. The number of thioether (sulfide) groups is 1. The number of carboxylic acid groups (broad SMARTS) is 1. The number of rotatable bonds is 4. The van der Waals surface area contributed by atoms with E-state index < -0.39 is 17.6 Å². The molecule has 0 aliphatic rings. The van der Waals surface area contributed by atoms with Crippen molar-refractivity contribution in [3.05, 3.63) is 40.1 Å². The predicted octanol–water partition coefficient (Wildman–Crippen LogP) is 3.40. The molecule has 0 unspecified atom stereocenters.